The molecule has 0 aliphatic heterocycles. The van der Waals surface area contributed by atoms with Gasteiger partial charge in [0.05, 0.1) is 10.2 Å². The van der Waals surface area contributed by atoms with Crippen LogP contribution in [0.3, 0.4) is 0 Å². The summed E-state index contributed by atoms with van der Waals surface area (Å²) in [4.78, 5) is 4.86. The first-order valence-corrected chi connectivity index (χ1v) is 15.0. The van der Waals surface area contributed by atoms with Gasteiger partial charge in [-0.2, -0.15) is 0 Å². The first kappa shape index (κ1) is 24.0. The minimum atomic E-state index is 0.258. The molecule has 5 aromatic carbocycles. The average molecular weight is 542 g/mol. The Kier molecular flexibility index (Phi) is 5.86. The molecule has 0 fully saturated rings. The molecule has 2 heteroatoms. The van der Waals surface area contributed by atoms with Gasteiger partial charge in [-0.15, -0.1) is 11.3 Å². The predicted molar refractivity (Wildman–Crippen MR) is 173 cm³/mol. The van der Waals surface area contributed by atoms with Crippen LogP contribution in [0.5, 0.6) is 0 Å². The Hall–Kier alpha value is -4.79. The van der Waals surface area contributed by atoms with Gasteiger partial charge in [0.2, 0.25) is 0 Å². The number of hydrogen-bond donors (Lipinski definition) is 0. The number of fused-ring (bicyclic) bond motifs is 3. The highest BCUT2D eigenvalue weighted by Crippen LogP contribution is 2.51. The maximum absolute atomic E-state index is 4.86. The predicted octanol–water partition coefficient (Wildman–Crippen LogP) is 10.2. The van der Waals surface area contributed by atoms with E-state index in [1.807, 2.05) is 0 Å². The normalized spacial score (nSPS) is 17.7. The smallest absolute Gasteiger partial charge is 0.124 e. The molecule has 1 heterocycles. The second kappa shape index (κ2) is 9.99. The first-order chi connectivity index (χ1) is 20.3. The molecule has 41 heavy (non-hydrogen) atoms. The van der Waals surface area contributed by atoms with Gasteiger partial charge in [-0.1, -0.05) is 133 Å². The summed E-state index contributed by atoms with van der Waals surface area (Å²) in [5.74, 6) is 0.526. The van der Waals surface area contributed by atoms with Crippen molar-refractivity contribution in [2.75, 3.05) is 0 Å². The third-order valence-electron chi connectivity index (χ3n) is 8.35. The Labute approximate surface area is 244 Å². The van der Waals surface area contributed by atoms with Crippen molar-refractivity contribution < 1.29 is 0 Å². The van der Waals surface area contributed by atoms with Crippen LogP contribution < -0.4 is 0 Å². The van der Waals surface area contributed by atoms with Crippen molar-refractivity contribution in [2.45, 2.75) is 5.92 Å². The maximum Gasteiger partial charge on any atom is 0.124 e. The van der Waals surface area contributed by atoms with Crippen molar-refractivity contribution in [3.8, 4) is 10.6 Å². The van der Waals surface area contributed by atoms with Crippen molar-refractivity contribution in [2.24, 2.45) is 5.92 Å². The minimum Gasteiger partial charge on any atom is -0.236 e. The molecular formula is C39H27NS. The Morgan fingerprint density at radius 2 is 1.27 bits per heavy atom. The lowest BCUT2D eigenvalue weighted by atomic mass is 9.66. The summed E-state index contributed by atoms with van der Waals surface area (Å²) in [6.07, 6.45) is 7.20. The molecule has 0 spiro atoms. The molecule has 1 aromatic heterocycles. The van der Waals surface area contributed by atoms with E-state index in [1.54, 1.807) is 11.3 Å². The lowest BCUT2D eigenvalue weighted by Gasteiger charge is -2.37. The number of aromatic nitrogens is 1. The quantitative estimate of drug-likeness (QED) is 0.216. The van der Waals surface area contributed by atoms with Crippen molar-refractivity contribution in [1.29, 1.82) is 0 Å². The molecule has 0 bridgehead atoms. The number of nitrogens with zero attached hydrogens (tertiary/aromatic N) is 1. The SMILES string of the molecule is C1=CC2C(=C(c3ccccc3)c3ccccc3C2c2ccccc2)C=C1c1ccc(-c2nc3ccccc3s2)cc1. The van der Waals surface area contributed by atoms with Gasteiger partial charge in [-0.25, -0.2) is 4.98 Å². The number of allylic oxidation sites excluding steroid dienone is 5. The van der Waals surface area contributed by atoms with Crippen LogP contribution >= 0.6 is 11.3 Å². The zero-order valence-electron chi connectivity index (χ0n) is 22.4. The van der Waals surface area contributed by atoms with Gasteiger partial charge >= 0.3 is 0 Å². The van der Waals surface area contributed by atoms with E-state index in [2.05, 4.69) is 152 Å². The van der Waals surface area contributed by atoms with E-state index in [1.165, 1.54) is 49.2 Å². The molecule has 8 rings (SSSR count). The Bertz CT molecular complexity index is 1940. The van der Waals surface area contributed by atoms with Gasteiger partial charge in [0.15, 0.2) is 0 Å². The van der Waals surface area contributed by atoms with Crippen LogP contribution in [0.2, 0.25) is 0 Å². The molecule has 0 amide bonds. The van der Waals surface area contributed by atoms with Crippen molar-refractivity contribution >= 4 is 32.7 Å². The number of hydrogen-bond acceptors (Lipinski definition) is 2. The zero-order valence-corrected chi connectivity index (χ0v) is 23.3. The summed E-state index contributed by atoms with van der Waals surface area (Å²) in [6, 6.07) is 48.1. The molecule has 194 valence electrons. The fourth-order valence-corrected chi connectivity index (χ4v) is 7.42. The van der Waals surface area contributed by atoms with Crippen LogP contribution in [0.1, 0.15) is 33.7 Å². The summed E-state index contributed by atoms with van der Waals surface area (Å²) >= 11 is 1.75. The third kappa shape index (κ3) is 4.20. The Morgan fingerprint density at radius 1 is 0.585 bits per heavy atom. The molecule has 0 saturated carbocycles. The largest absolute Gasteiger partial charge is 0.236 e. The molecule has 0 saturated heterocycles. The first-order valence-electron chi connectivity index (χ1n) is 14.1. The van der Waals surface area contributed by atoms with Gasteiger partial charge in [0.25, 0.3) is 0 Å². The van der Waals surface area contributed by atoms with E-state index >= 15 is 0 Å². The minimum absolute atomic E-state index is 0.258. The highest BCUT2D eigenvalue weighted by Gasteiger charge is 2.36. The molecule has 0 N–H and O–H groups in total. The summed E-state index contributed by atoms with van der Waals surface area (Å²) < 4.78 is 1.22. The summed E-state index contributed by atoms with van der Waals surface area (Å²) in [5, 5.41) is 1.06. The lowest BCUT2D eigenvalue weighted by molar-refractivity contribution is 0.650. The number of benzene rings is 5. The van der Waals surface area contributed by atoms with Crippen LogP contribution in [0.4, 0.5) is 0 Å². The standard InChI is InChI=1S/C39H27NS/c1-3-11-27(12-4-1)37-31-15-7-8-16-32(31)38(28-13-5-2-6-14-28)34-25-30(23-24-33(34)37)26-19-21-29(22-20-26)39-40-35-17-9-10-18-36(35)41-39/h1-25,33,37H. The van der Waals surface area contributed by atoms with E-state index in [0.29, 0.717) is 0 Å². The number of para-hydroxylation sites is 1. The second-order valence-corrected chi connectivity index (χ2v) is 11.8. The fraction of sp³-hybridized carbons (Fsp3) is 0.0513. The van der Waals surface area contributed by atoms with E-state index in [-0.39, 0.29) is 11.8 Å². The second-order valence-electron chi connectivity index (χ2n) is 10.7. The molecule has 6 aromatic rings. The highest BCUT2D eigenvalue weighted by molar-refractivity contribution is 7.21. The molecule has 0 radical (unpaired) electrons. The Balaban J connectivity index is 1.26. The topological polar surface area (TPSA) is 12.9 Å². The lowest BCUT2D eigenvalue weighted by Crippen LogP contribution is -2.23. The summed E-state index contributed by atoms with van der Waals surface area (Å²) in [7, 11) is 0. The van der Waals surface area contributed by atoms with E-state index in [4.69, 9.17) is 4.98 Å². The maximum atomic E-state index is 4.86. The Morgan fingerprint density at radius 3 is 2.07 bits per heavy atom. The van der Waals surface area contributed by atoms with Gasteiger partial charge in [-0.3, -0.25) is 0 Å². The van der Waals surface area contributed by atoms with Gasteiger partial charge in [0, 0.05) is 17.4 Å². The van der Waals surface area contributed by atoms with Crippen LogP contribution in [-0.2, 0) is 0 Å². The monoisotopic (exact) mass is 541 g/mol. The van der Waals surface area contributed by atoms with Crippen molar-refractivity contribution in [3.05, 3.63) is 185 Å². The van der Waals surface area contributed by atoms with Crippen molar-refractivity contribution in [3.63, 3.8) is 0 Å². The van der Waals surface area contributed by atoms with Gasteiger partial charge < -0.3 is 0 Å². The fourth-order valence-electron chi connectivity index (χ4n) is 6.45. The molecule has 2 unspecified atom stereocenters. The van der Waals surface area contributed by atoms with Crippen molar-refractivity contribution in [1.82, 2.24) is 4.98 Å². The van der Waals surface area contributed by atoms with Crippen LogP contribution in [-0.4, -0.2) is 4.98 Å². The van der Waals surface area contributed by atoms with Crippen LogP contribution in [0.15, 0.2) is 157 Å². The third-order valence-corrected chi connectivity index (χ3v) is 9.43. The average Bonchev–Trinajstić information content (AvgIpc) is 3.49. The molecule has 1 nitrogen and oxygen atoms in total. The van der Waals surface area contributed by atoms with E-state index in [9.17, 15) is 0 Å². The van der Waals surface area contributed by atoms with Crippen LogP contribution in [0, 0.1) is 5.92 Å². The highest BCUT2D eigenvalue weighted by atomic mass is 32.1. The van der Waals surface area contributed by atoms with Crippen LogP contribution in [0.25, 0.3) is 31.9 Å². The molecule has 2 atom stereocenters. The molecule has 2 aliphatic carbocycles. The summed E-state index contributed by atoms with van der Waals surface area (Å²) in [6.45, 7) is 0. The number of thiazole rings is 1. The van der Waals surface area contributed by atoms with Gasteiger partial charge in [-0.05, 0) is 62.7 Å². The van der Waals surface area contributed by atoms with E-state index in [0.717, 1.165) is 16.1 Å². The van der Waals surface area contributed by atoms with Gasteiger partial charge in [0.1, 0.15) is 5.01 Å². The molecule has 2 aliphatic rings. The molecular weight excluding hydrogens is 515 g/mol. The zero-order chi connectivity index (χ0) is 27.2. The number of rotatable bonds is 4. The summed E-state index contributed by atoms with van der Waals surface area (Å²) in [5.41, 5.74) is 12.8. The van der Waals surface area contributed by atoms with E-state index < -0.39 is 0 Å².